The summed E-state index contributed by atoms with van der Waals surface area (Å²) in [4.78, 5) is 10.6. The van der Waals surface area contributed by atoms with Gasteiger partial charge in [0.25, 0.3) is 0 Å². The summed E-state index contributed by atoms with van der Waals surface area (Å²) < 4.78 is 8.94. The number of hydrogen-bond acceptors (Lipinski definition) is 3. The quantitative estimate of drug-likeness (QED) is 0.163. The zero-order valence-electron chi connectivity index (χ0n) is 33.5. The number of para-hydroxylation sites is 3. The maximum atomic E-state index is 6.53. The summed E-state index contributed by atoms with van der Waals surface area (Å²) in [7, 11) is 0. The first-order valence-electron chi connectivity index (χ1n) is 21.1. The van der Waals surface area contributed by atoms with Gasteiger partial charge in [-0.15, -0.1) is 0 Å². The highest BCUT2D eigenvalue weighted by Crippen LogP contribution is 2.41. The first kappa shape index (κ1) is 34.5. The molecule has 4 heteroatoms. The van der Waals surface area contributed by atoms with E-state index in [1.165, 1.54) is 43.3 Å². The van der Waals surface area contributed by atoms with Crippen LogP contribution in [0.3, 0.4) is 0 Å². The molecule has 0 bridgehead atoms. The molecule has 0 aliphatic heterocycles. The zero-order valence-corrected chi connectivity index (χ0v) is 33.5. The summed E-state index contributed by atoms with van der Waals surface area (Å²) in [6, 6.07) is 75.7. The molecule has 0 spiro atoms. The molecule has 0 N–H and O–H groups in total. The summed E-state index contributed by atoms with van der Waals surface area (Å²) in [5.41, 5.74) is 12.0. The largest absolute Gasteiger partial charge is 0.455 e. The van der Waals surface area contributed by atoms with Crippen LogP contribution in [0.5, 0.6) is 0 Å². The Morgan fingerprint density at radius 2 is 0.871 bits per heavy atom. The Morgan fingerprint density at radius 1 is 0.323 bits per heavy atom. The molecule has 0 saturated heterocycles. The third-order valence-corrected chi connectivity index (χ3v) is 12.6. The van der Waals surface area contributed by atoms with Crippen LogP contribution in [-0.4, -0.2) is 14.5 Å². The van der Waals surface area contributed by atoms with E-state index < -0.39 is 0 Å². The van der Waals surface area contributed by atoms with Gasteiger partial charge in [0.05, 0.1) is 28.0 Å². The van der Waals surface area contributed by atoms with Gasteiger partial charge < -0.3 is 8.98 Å². The highest BCUT2D eigenvalue weighted by molar-refractivity contribution is 6.25. The van der Waals surface area contributed by atoms with E-state index in [0.29, 0.717) is 5.82 Å². The highest BCUT2D eigenvalue weighted by atomic mass is 16.3. The number of aromatic nitrogens is 3. The predicted octanol–water partition coefficient (Wildman–Crippen LogP) is 15.6. The van der Waals surface area contributed by atoms with Crippen molar-refractivity contribution in [2.45, 2.75) is 0 Å². The summed E-state index contributed by atoms with van der Waals surface area (Å²) >= 11 is 0. The summed E-state index contributed by atoms with van der Waals surface area (Å²) in [6.45, 7) is 0. The van der Waals surface area contributed by atoms with E-state index in [2.05, 4.69) is 199 Å². The molecule has 13 aromatic rings. The highest BCUT2D eigenvalue weighted by Gasteiger charge is 2.19. The van der Waals surface area contributed by atoms with Crippen molar-refractivity contribution in [1.29, 1.82) is 0 Å². The van der Waals surface area contributed by atoms with Gasteiger partial charge in [-0.1, -0.05) is 164 Å². The molecular weight excluding hydrogens is 755 g/mol. The van der Waals surface area contributed by atoms with Gasteiger partial charge >= 0.3 is 0 Å². The number of furan rings is 1. The lowest BCUT2D eigenvalue weighted by Crippen LogP contribution is -1.97. The Kier molecular flexibility index (Phi) is 7.57. The molecule has 3 heterocycles. The predicted molar refractivity (Wildman–Crippen MR) is 258 cm³/mol. The molecule has 3 aromatic heterocycles. The fourth-order valence-corrected chi connectivity index (χ4v) is 9.70. The molecule has 62 heavy (non-hydrogen) atoms. The van der Waals surface area contributed by atoms with Crippen LogP contribution in [0.1, 0.15) is 0 Å². The first-order chi connectivity index (χ1) is 30.7. The van der Waals surface area contributed by atoms with Crippen molar-refractivity contribution in [3.8, 4) is 50.7 Å². The van der Waals surface area contributed by atoms with Crippen molar-refractivity contribution in [3.63, 3.8) is 0 Å². The van der Waals surface area contributed by atoms with E-state index in [-0.39, 0.29) is 0 Å². The second kappa shape index (κ2) is 13.6. The Hall–Kier alpha value is -8.34. The van der Waals surface area contributed by atoms with E-state index >= 15 is 0 Å². The Morgan fingerprint density at radius 3 is 1.63 bits per heavy atom. The van der Waals surface area contributed by atoms with Crippen LogP contribution < -0.4 is 0 Å². The lowest BCUT2D eigenvalue weighted by Gasteiger charge is -2.14. The second-order valence-corrected chi connectivity index (χ2v) is 16.1. The zero-order chi connectivity index (χ0) is 40.7. The third-order valence-electron chi connectivity index (χ3n) is 12.6. The lowest BCUT2D eigenvalue weighted by atomic mass is 9.94. The van der Waals surface area contributed by atoms with Gasteiger partial charge in [0.1, 0.15) is 11.2 Å². The van der Waals surface area contributed by atoms with E-state index in [1.807, 2.05) is 18.2 Å². The van der Waals surface area contributed by atoms with Crippen LogP contribution in [0.15, 0.2) is 217 Å². The van der Waals surface area contributed by atoms with Gasteiger partial charge in [-0.25, -0.2) is 9.97 Å². The van der Waals surface area contributed by atoms with E-state index in [4.69, 9.17) is 14.4 Å². The standard InChI is InChI=1S/C58H35N3O/c1-2-13-36(14-3-1)37-25-27-38(28-26-37)52-35-53(60-58(59-52)49-22-12-21-48-47-20-9-11-24-56(47)62-57(48)49)39-29-32-55-51(33-39)46-19-8-10-23-54(46)61(55)40-30-31-45-43-17-5-4-15-41(43)42-16-6-7-18-44(42)50(45)34-40/h1-35H. The molecular formula is C58H35N3O. The first-order valence-corrected chi connectivity index (χ1v) is 21.1. The number of hydrogen-bond donors (Lipinski definition) is 0. The van der Waals surface area contributed by atoms with Crippen LogP contribution in [0.4, 0.5) is 0 Å². The summed E-state index contributed by atoms with van der Waals surface area (Å²) in [5.74, 6) is 0.618. The van der Waals surface area contributed by atoms with Gasteiger partial charge in [-0.3, -0.25) is 0 Å². The van der Waals surface area contributed by atoms with Crippen molar-refractivity contribution < 1.29 is 4.42 Å². The van der Waals surface area contributed by atoms with Gasteiger partial charge in [-0.2, -0.15) is 0 Å². The van der Waals surface area contributed by atoms with E-state index in [9.17, 15) is 0 Å². The Bertz CT molecular complexity index is 3880. The number of nitrogens with zero attached hydrogens (tertiary/aromatic N) is 3. The number of fused-ring (bicyclic) bond motifs is 12. The van der Waals surface area contributed by atoms with Gasteiger partial charge in [-0.05, 0) is 92.0 Å². The van der Waals surface area contributed by atoms with Crippen LogP contribution in [0, 0.1) is 0 Å². The minimum absolute atomic E-state index is 0.618. The molecule has 0 aliphatic rings. The second-order valence-electron chi connectivity index (χ2n) is 16.1. The molecule has 4 nitrogen and oxygen atoms in total. The molecule has 0 unspecified atom stereocenters. The molecule has 288 valence electrons. The molecule has 0 radical (unpaired) electrons. The maximum Gasteiger partial charge on any atom is 0.164 e. The molecule has 10 aromatic carbocycles. The average Bonchev–Trinajstić information content (AvgIpc) is 3.90. The molecule has 0 fully saturated rings. The van der Waals surface area contributed by atoms with Crippen molar-refractivity contribution >= 4 is 76.1 Å². The van der Waals surface area contributed by atoms with E-state index in [1.54, 1.807) is 0 Å². The van der Waals surface area contributed by atoms with Crippen molar-refractivity contribution in [3.05, 3.63) is 212 Å². The summed E-state index contributed by atoms with van der Waals surface area (Å²) in [6.07, 6.45) is 0. The van der Waals surface area contributed by atoms with Crippen molar-refractivity contribution in [1.82, 2.24) is 14.5 Å². The average molecular weight is 790 g/mol. The molecule has 13 rings (SSSR count). The molecule has 0 aliphatic carbocycles. The topological polar surface area (TPSA) is 43.9 Å². The van der Waals surface area contributed by atoms with Crippen LogP contribution >= 0.6 is 0 Å². The fraction of sp³-hybridized carbons (Fsp3) is 0. The Labute approximate surface area is 356 Å². The monoisotopic (exact) mass is 789 g/mol. The molecule has 0 saturated carbocycles. The summed E-state index contributed by atoms with van der Waals surface area (Å²) in [5, 5.41) is 12.1. The molecule has 0 amide bonds. The van der Waals surface area contributed by atoms with Gasteiger partial charge in [0.2, 0.25) is 0 Å². The van der Waals surface area contributed by atoms with Crippen LogP contribution in [0.2, 0.25) is 0 Å². The normalized spacial score (nSPS) is 11.9. The van der Waals surface area contributed by atoms with Gasteiger partial charge in [0, 0.05) is 38.4 Å². The van der Waals surface area contributed by atoms with Crippen molar-refractivity contribution in [2.24, 2.45) is 0 Å². The smallest absolute Gasteiger partial charge is 0.164 e. The Balaban J connectivity index is 1.01. The SMILES string of the molecule is c1ccc(-c2ccc(-c3cc(-c4ccc5c(c4)c4ccccc4n5-c4ccc5c6ccccc6c6ccccc6c5c4)nc(-c4cccc5c4oc4ccccc45)n3)cc2)cc1. The number of rotatable bonds is 5. The molecule has 0 atom stereocenters. The van der Waals surface area contributed by atoms with Gasteiger partial charge in [0.15, 0.2) is 5.82 Å². The third kappa shape index (κ3) is 5.33. The minimum atomic E-state index is 0.618. The minimum Gasteiger partial charge on any atom is -0.455 e. The lowest BCUT2D eigenvalue weighted by molar-refractivity contribution is 0.669. The van der Waals surface area contributed by atoms with Crippen molar-refractivity contribution in [2.75, 3.05) is 0 Å². The van der Waals surface area contributed by atoms with Crippen LogP contribution in [0.25, 0.3) is 127 Å². The fourth-order valence-electron chi connectivity index (χ4n) is 9.70. The van der Waals surface area contributed by atoms with E-state index in [0.717, 1.165) is 77.7 Å². The van der Waals surface area contributed by atoms with Crippen LogP contribution in [-0.2, 0) is 0 Å². The maximum absolute atomic E-state index is 6.53. The number of benzene rings is 10.